The van der Waals surface area contributed by atoms with Crippen molar-refractivity contribution in [1.29, 1.82) is 0 Å². The van der Waals surface area contributed by atoms with Crippen LogP contribution in [-0.2, 0) is 4.74 Å². The van der Waals surface area contributed by atoms with Crippen LogP contribution in [0.25, 0.3) is 0 Å². The van der Waals surface area contributed by atoms with E-state index in [-0.39, 0.29) is 6.10 Å². The van der Waals surface area contributed by atoms with Gasteiger partial charge in [-0.1, -0.05) is 25.4 Å². The minimum atomic E-state index is -0.0850. The second kappa shape index (κ2) is 6.12. The Morgan fingerprint density at radius 3 is 2.44 bits per heavy atom. The van der Waals surface area contributed by atoms with Crippen LogP contribution in [0, 0.1) is 16.4 Å². The van der Waals surface area contributed by atoms with Gasteiger partial charge in [-0.2, -0.15) is 0 Å². The van der Waals surface area contributed by atoms with Crippen LogP contribution >= 0.6 is 34.2 Å². The zero-order chi connectivity index (χ0) is 12.3. The molecule has 1 heterocycles. The Morgan fingerprint density at radius 2 is 2.00 bits per heavy atom. The lowest BCUT2D eigenvalue weighted by Gasteiger charge is -2.20. The highest BCUT2D eigenvalue weighted by molar-refractivity contribution is 14.1. The third-order valence-corrected chi connectivity index (χ3v) is 4.08. The molecule has 1 rings (SSSR count). The van der Waals surface area contributed by atoms with E-state index in [1.54, 1.807) is 0 Å². The Bertz CT molecular complexity index is 348. The lowest BCUT2D eigenvalue weighted by molar-refractivity contribution is 0.0230. The molecule has 1 aromatic rings. The fourth-order valence-corrected chi connectivity index (χ4v) is 1.88. The van der Waals surface area contributed by atoms with Gasteiger partial charge in [-0.15, -0.1) is 0 Å². The molecule has 90 valence electrons. The second-order valence-electron chi connectivity index (χ2n) is 3.89. The van der Waals surface area contributed by atoms with Crippen LogP contribution in [0.2, 0.25) is 5.15 Å². The molecule has 5 heteroatoms. The number of nitrogens with zero attached hydrogens (tertiary/aromatic N) is 2. The minimum absolute atomic E-state index is 0.0850. The number of rotatable bonds is 4. The van der Waals surface area contributed by atoms with Crippen LogP contribution < -0.4 is 0 Å². The van der Waals surface area contributed by atoms with Crippen molar-refractivity contribution >= 4 is 34.2 Å². The van der Waals surface area contributed by atoms with E-state index in [0.717, 1.165) is 9.26 Å². The zero-order valence-corrected chi connectivity index (χ0v) is 12.8. The molecular formula is C11H16ClIN2O. The molecule has 0 saturated carbocycles. The molecular weight excluding hydrogens is 338 g/mol. The van der Waals surface area contributed by atoms with Crippen LogP contribution in [0.1, 0.15) is 38.4 Å². The van der Waals surface area contributed by atoms with Crippen LogP contribution in [0.3, 0.4) is 0 Å². The summed E-state index contributed by atoms with van der Waals surface area (Å²) < 4.78 is 6.56. The largest absolute Gasteiger partial charge is 0.370 e. The van der Waals surface area contributed by atoms with E-state index in [0.29, 0.717) is 23.5 Å². The predicted molar refractivity (Wildman–Crippen MR) is 73.7 cm³/mol. The first-order valence-corrected chi connectivity index (χ1v) is 6.74. The third-order valence-electron chi connectivity index (χ3n) is 2.20. The number of aromatic nitrogens is 2. The van der Waals surface area contributed by atoms with Crippen molar-refractivity contribution < 1.29 is 4.74 Å². The summed E-state index contributed by atoms with van der Waals surface area (Å²) in [6, 6.07) is 0. The van der Waals surface area contributed by atoms with Crippen molar-refractivity contribution in [3.05, 3.63) is 20.2 Å². The van der Waals surface area contributed by atoms with Crippen molar-refractivity contribution in [2.45, 2.75) is 33.8 Å². The maximum Gasteiger partial charge on any atom is 0.159 e. The summed E-state index contributed by atoms with van der Waals surface area (Å²) in [5.41, 5.74) is 0.904. The van der Waals surface area contributed by atoms with Gasteiger partial charge in [0.15, 0.2) is 5.82 Å². The number of hydrogen-bond acceptors (Lipinski definition) is 3. The molecule has 0 radical (unpaired) electrons. The summed E-state index contributed by atoms with van der Waals surface area (Å²) in [6.07, 6.45) is -0.0850. The second-order valence-corrected chi connectivity index (χ2v) is 5.33. The summed E-state index contributed by atoms with van der Waals surface area (Å²) in [4.78, 5) is 8.74. The van der Waals surface area contributed by atoms with E-state index in [9.17, 15) is 0 Å². The van der Waals surface area contributed by atoms with Crippen molar-refractivity contribution in [3.8, 4) is 0 Å². The van der Waals surface area contributed by atoms with Gasteiger partial charge in [-0.05, 0) is 42.4 Å². The number of aryl methyl sites for hydroxylation is 1. The van der Waals surface area contributed by atoms with E-state index in [1.807, 2.05) is 13.8 Å². The summed E-state index contributed by atoms with van der Waals surface area (Å²) >= 11 is 8.20. The molecule has 0 bridgehead atoms. The molecule has 0 aliphatic carbocycles. The van der Waals surface area contributed by atoms with Gasteiger partial charge in [0.2, 0.25) is 0 Å². The number of ether oxygens (including phenoxy) is 1. The smallest absolute Gasteiger partial charge is 0.159 e. The Morgan fingerprint density at radius 1 is 1.38 bits per heavy atom. The van der Waals surface area contributed by atoms with E-state index < -0.39 is 0 Å². The highest BCUT2D eigenvalue weighted by Gasteiger charge is 2.21. The Balaban J connectivity index is 3.10. The number of hydrogen-bond donors (Lipinski definition) is 0. The average molecular weight is 355 g/mol. The fourth-order valence-electron chi connectivity index (χ4n) is 1.42. The number of halogens is 2. The highest BCUT2D eigenvalue weighted by Crippen LogP contribution is 2.26. The average Bonchev–Trinajstić information content (AvgIpc) is 2.21. The van der Waals surface area contributed by atoms with Crippen molar-refractivity contribution in [1.82, 2.24) is 9.97 Å². The van der Waals surface area contributed by atoms with E-state index in [1.165, 1.54) is 0 Å². The molecule has 0 N–H and O–H groups in total. The quantitative estimate of drug-likeness (QED) is 0.610. The summed E-state index contributed by atoms with van der Waals surface area (Å²) in [7, 11) is 0. The molecule has 0 aromatic carbocycles. The molecule has 16 heavy (non-hydrogen) atoms. The minimum Gasteiger partial charge on any atom is -0.370 e. The molecule has 0 amide bonds. The molecule has 0 fully saturated rings. The first-order valence-electron chi connectivity index (χ1n) is 5.28. The van der Waals surface area contributed by atoms with Gasteiger partial charge < -0.3 is 4.74 Å². The maximum atomic E-state index is 6.05. The van der Waals surface area contributed by atoms with Gasteiger partial charge in [0.25, 0.3) is 0 Å². The van der Waals surface area contributed by atoms with Crippen LogP contribution in [0.4, 0.5) is 0 Å². The van der Waals surface area contributed by atoms with Crippen molar-refractivity contribution in [3.63, 3.8) is 0 Å². The molecule has 0 saturated heterocycles. The monoisotopic (exact) mass is 354 g/mol. The highest BCUT2D eigenvalue weighted by atomic mass is 127. The third kappa shape index (κ3) is 3.28. The molecule has 1 aromatic heterocycles. The van der Waals surface area contributed by atoms with Gasteiger partial charge in [-0.3, -0.25) is 0 Å². The Kier molecular flexibility index (Phi) is 5.40. The fraction of sp³-hybridized carbons (Fsp3) is 0.636. The first kappa shape index (κ1) is 14.1. The summed E-state index contributed by atoms with van der Waals surface area (Å²) in [5.74, 6) is 1.01. The van der Waals surface area contributed by atoms with E-state index in [4.69, 9.17) is 16.3 Å². The zero-order valence-electron chi connectivity index (χ0n) is 9.92. The Hall–Kier alpha value is 0.0600. The van der Waals surface area contributed by atoms with Crippen molar-refractivity contribution in [2.75, 3.05) is 6.61 Å². The normalized spacial score (nSPS) is 13.2. The van der Waals surface area contributed by atoms with Gasteiger partial charge in [0, 0.05) is 6.61 Å². The van der Waals surface area contributed by atoms with Crippen LogP contribution in [0.5, 0.6) is 0 Å². The van der Waals surface area contributed by atoms with Gasteiger partial charge in [0.1, 0.15) is 11.3 Å². The topological polar surface area (TPSA) is 35.0 Å². The van der Waals surface area contributed by atoms with E-state index >= 15 is 0 Å². The molecule has 0 spiro atoms. The molecule has 1 unspecified atom stereocenters. The maximum absolute atomic E-state index is 6.05. The van der Waals surface area contributed by atoms with Gasteiger partial charge >= 0.3 is 0 Å². The Labute approximate surface area is 115 Å². The first-order chi connectivity index (χ1) is 7.47. The lowest BCUT2D eigenvalue weighted by atomic mass is 10.1. The molecule has 0 aliphatic rings. The summed E-state index contributed by atoms with van der Waals surface area (Å²) in [5, 5.41) is 0.508. The van der Waals surface area contributed by atoms with Crippen LogP contribution in [0.15, 0.2) is 0 Å². The molecule has 1 atom stereocenters. The van der Waals surface area contributed by atoms with Crippen LogP contribution in [-0.4, -0.2) is 16.6 Å². The standard InChI is InChI=1S/C11H16ClIN2O/c1-5-16-9(6(2)3)11-14-7(4)8(13)10(12)15-11/h6,9H,5H2,1-4H3. The lowest BCUT2D eigenvalue weighted by Crippen LogP contribution is -2.15. The predicted octanol–water partition coefficient (Wildman–Crippen LogP) is 3.78. The van der Waals surface area contributed by atoms with Crippen molar-refractivity contribution in [2.24, 2.45) is 5.92 Å². The SMILES string of the molecule is CCOC(c1nc(C)c(I)c(Cl)n1)C(C)C. The molecule has 3 nitrogen and oxygen atoms in total. The van der Waals surface area contributed by atoms with Gasteiger partial charge in [-0.25, -0.2) is 9.97 Å². The van der Waals surface area contributed by atoms with E-state index in [2.05, 4.69) is 46.4 Å². The van der Waals surface area contributed by atoms with Gasteiger partial charge in [0.05, 0.1) is 9.26 Å². The summed E-state index contributed by atoms with van der Waals surface area (Å²) in [6.45, 7) is 8.73. The molecule has 0 aliphatic heterocycles.